The van der Waals surface area contributed by atoms with E-state index in [1.54, 1.807) is 7.11 Å². The van der Waals surface area contributed by atoms with E-state index >= 15 is 0 Å². The predicted molar refractivity (Wildman–Crippen MR) is 147 cm³/mol. The molecule has 7 heteroatoms. The second-order valence-electron chi connectivity index (χ2n) is 12.7. The van der Waals surface area contributed by atoms with Crippen molar-refractivity contribution in [3.8, 4) is 5.75 Å². The molecule has 2 aromatic carbocycles. The number of likely N-dealkylation sites (tertiary alicyclic amines) is 2. The van der Waals surface area contributed by atoms with Crippen molar-refractivity contribution < 1.29 is 18.3 Å². The molecule has 39 heavy (non-hydrogen) atoms. The smallest absolute Gasteiger partial charge is 0.253 e. The van der Waals surface area contributed by atoms with Crippen molar-refractivity contribution >= 4 is 16.8 Å². The average molecular weight is 534 g/mol. The number of carbonyl (C=O) groups excluding carboxylic acids is 1. The summed E-state index contributed by atoms with van der Waals surface area (Å²) in [5, 5.41) is 1.14. The van der Waals surface area contributed by atoms with Gasteiger partial charge in [0.1, 0.15) is 5.75 Å². The summed E-state index contributed by atoms with van der Waals surface area (Å²) in [6, 6.07) is 12.2. The van der Waals surface area contributed by atoms with Crippen molar-refractivity contribution in [2.24, 2.45) is 17.3 Å². The Morgan fingerprint density at radius 2 is 1.85 bits per heavy atom. The van der Waals surface area contributed by atoms with Gasteiger partial charge in [0.25, 0.3) is 5.91 Å². The van der Waals surface area contributed by atoms with Crippen LogP contribution in [0.2, 0.25) is 0 Å². The third-order valence-corrected chi connectivity index (χ3v) is 9.98. The van der Waals surface area contributed by atoms with Crippen LogP contribution in [-0.4, -0.2) is 53.4 Å². The zero-order valence-corrected chi connectivity index (χ0v) is 22.8. The van der Waals surface area contributed by atoms with E-state index in [2.05, 4.69) is 41.1 Å². The summed E-state index contributed by atoms with van der Waals surface area (Å²) in [5.41, 5.74) is 4.86. The van der Waals surface area contributed by atoms with E-state index in [1.807, 2.05) is 23.2 Å². The molecule has 2 aliphatic carbocycles. The third kappa shape index (κ3) is 4.43. The second kappa shape index (κ2) is 9.05. The van der Waals surface area contributed by atoms with Crippen LogP contribution in [0.4, 0.5) is 8.78 Å². The molecule has 0 radical (unpaired) electrons. The molecule has 2 saturated carbocycles. The lowest BCUT2D eigenvalue weighted by molar-refractivity contribution is -0.186. The number of aryl methyl sites for hydroxylation is 1. The number of methoxy groups -OCH3 is 1. The maximum atomic E-state index is 14.1. The molecule has 4 fully saturated rings. The lowest BCUT2D eigenvalue weighted by Crippen LogP contribution is -2.53. The lowest BCUT2D eigenvalue weighted by atomic mass is 9.59. The van der Waals surface area contributed by atoms with Gasteiger partial charge in [-0.15, -0.1) is 0 Å². The summed E-state index contributed by atoms with van der Waals surface area (Å²) in [6.45, 7) is 5.26. The molecule has 3 heterocycles. The highest BCUT2D eigenvalue weighted by molar-refractivity contribution is 5.94. The number of fused-ring (bicyclic) bond motifs is 1. The first-order valence-corrected chi connectivity index (χ1v) is 14.4. The number of benzene rings is 2. The molecule has 0 bridgehead atoms. The average Bonchev–Trinajstić information content (AvgIpc) is 3.58. The molecule has 1 aromatic heterocycles. The molecule has 2 saturated heterocycles. The normalized spacial score (nSPS) is 24.5. The summed E-state index contributed by atoms with van der Waals surface area (Å²) in [4.78, 5) is 20.8. The highest BCUT2D eigenvalue weighted by Gasteiger charge is 2.58. The second-order valence-corrected chi connectivity index (χ2v) is 12.7. The van der Waals surface area contributed by atoms with Crippen LogP contribution >= 0.6 is 0 Å². The summed E-state index contributed by atoms with van der Waals surface area (Å²) >= 11 is 0. The van der Waals surface area contributed by atoms with E-state index in [1.165, 1.54) is 12.8 Å². The quantitative estimate of drug-likeness (QED) is 0.383. The number of halogens is 2. The minimum absolute atomic E-state index is 0.00209. The largest absolute Gasteiger partial charge is 0.496 e. The molecule has 206 valence electrons. The Kier molecular flexibility index (Phi) is 5.82. The summed E-state index contributed by atoms with van der Waals surface area (Å²) < 4.78 is 34.0. The van der Waals surface area contributed by atoms with Crippen LogP contribution in [-0.2, 0) is 6.54 Å². The number of rotatable bonds is 6. The van der Waals surface area contributed by atoms with Gasteiger partial charge < -0.3 is 14.6 Å². The van der Waals surface area contributed by atoms with Crippen LogP contribution in [0, 0.1) is 24.2 Å². The fourth-order valence-corrected chi connectivity index (χ4v) is 7.62. The van der Waals surface area contributed by atoms with Crippen molar-refractivity contribution in [1.29, 1.82) is 0 Å². The van der Waals surface area contributed by atoms with Crippen LogP contribution in [0.3, 0.4) is 0 Å². The maximum Gasteiger partial charge on any atom is 0.253 e. The van der Waals surface area contributed by atoms with Gasteiger partial charge in [0.2, 0.25) is 5.92 Å². The van der Waals surface area contributed by atoms with Crippen molar-refractivity contribution in [2.75, 3.05) is 26.7 Å². The van der Waals surface area contributed by atoms with E-state index in [-0.39, 0.29) is 30.2 Å². The van der Waals surface area contributed by atoms with Crippen LogP contribution in [0.1, 0.15) is 71.6 Å². The van der Waals surface area contributed by atoms with Crippen molar-refractivity contribution in [3.05, 3.63) is 64.8 Å². The zero-order valence-electron chi connectivity index (χ0n) is 22.8. The zero-order chi connectivity index (χ0) is 26.9. The molecule has 5 nitrogen and oxygen atoms in total. The molecular formula is C32H37F2N3O2. The fraction of sp³-hybridized carbons (Fsp3) is 0.531. The molecule has 0 unspecified atom stereocenters. The van der Waals surface area contributed by atoms with Crippen LogP contribution in [0.25, 0.3) is 10.9 Å². The molecule has 2 aliphatic heterocycles. The Bertz CT molecular complexity index is 1400. The molecular weight excluding hydrogens is 496 g/mol. The fourth-order valence-electron chi connectivity index (χ4n) is 7.62. The van der Waals surface area contributed by atoms with Gasteiger partial charge >= 0.3 is 0 Å². The minimum atomic E-state index is -2.55. The first kappa shape index (κ1) is 25.1. The Labute approximate surface area is 228 Å². The number of H-pyrrole nitrogens is 1. The molecule has 7 rings (SSSR count). The molecule has 1 amide bonds. The molecule has 1 atom stereocenters. The third-order valence-electron chi connectivity index (χ3n) is 9.98. The Hall–Kier alpha value is -2.93. The number of nitrogens with zero attached hydrogens (tertiary/aromatic N) is 2. The monoisotopic (exact) mass is 533 g/mol. The Morgan fingerprint density at radius 3 is 2.51 bits per heavy atom. The topological polar surface area (TPSA) is 48.6 Å². The first-order chi connectivity index (χ1) is 18.7. The molecule has 3 aromatic rings. The van der Waals surface area contributed by atoms with Crippen molar-refractivity contribution in [3.63, 3.8) is 0 Å². The number of ether oxygens (including phenoxy) is 1. The summed E-state index contributed by atoms with van der Waals surface area (Å²) in [7, 11) is 1.70. The minimum Gasteiger partial charge on any atom is -0.496 e. The Morgan fingerprint density at radius 1 is 1.10 bits per heavy atom. The Balaban J connectivity index is 1.15. The summed E-state index contributed by atoms with van der Waals surface area (Å²) in [5.74, 6) is -0.0662. The van der Waals surface area contributed by atoms with Crippen LogP contribution in [0.5, 0.6) is 5.75 Å². The van der Waals surface area contributed by atoms with Crippen LogP contribution in [0.15, 0.2) is 42.6 Å². The van der Waals surface area contributed by atoms with Crippen LogP contribution < -0.4 is 4.74 Å². The number of hydrogen-bond donors (Lipinski definition) is 1. The highest BCUT2D eigenvalue weighted by atomic mass is 19.3. The van der Waals surface area contributed by atoms with Crippen molar-refractivity contribution in [1.82, 2.24) is 14.8 Å². The number of aromatic amines is 1. The standard InChI is InChI=1S/C32H37F2N3O2/c1-20-13-28(39-2)26(25-9-11-35-29(20)25)17-36-12-10-31(18-32(33,34)19-31)14-27(36)22-5-7-23(8-6-22)30(38)37-15-24(16-37)21-3-4-21/h5-9,11,13,21,24,27,35H,3-4,10,12,14-19H2,1-2H3/t27-/m1/s1. The predicted octanol–water partition coefficient (Wildman–Crippen LogP) is 6.72. The van der Waals surface area contributed by atoms with E-state index in [9.17, 15) is 13.6 Å². The van der Waals surface area contributed by atoms with Gasteiger partial charge in [0.15, 0.2) is 0 Å². The molecule has 1 spiro atoms. The lowest BCUT2D eigenvalue weighted by Gasteiger charge is -2.54. The van der Waals surface area contributed by atoms with Gasteiger partial charge in [-0.1, -0.05) is 12.1 Å². The van der Waals surface area contributed by atoms with E-state index in [4.69, 9.17) is 4.74 Å². The van der Waals surface area contributed by atoms with Gasteiger partial charge in [-0.05, 0) is 91.8 Å². The highest BCUT2D eigenvalue weighted by Crippen LogP contribution is 2.60. The molecule has 1 N–H and O–H groups in total. The van der Waals surface area contributed by atoms with Gasteiger partial charge in [0, 0.05) is 66.7 Å². The van der Waals surface area contributed by atoms with Gasteiger partial charge in [-0.25, -0.2) is 8.78 Å². The number of carbonyl (C=O) groups is 1. The van der Waals surface area contributed by atoms with E-state index < -0.39 is 5.92 Å². The van der Waals surface area contributed by atoms with Crippen molar-refractivity contribution in [2.45, 2.75) is 64.0 Å². The maximum absolute atomic E-state index is 14.1. The van der Waals surface area contributed by atoms with E-state index in [0.29, 0.717) is 18.9 Å². The van der Waals surface area contributed by atoms with E-state index in [0.717, 1.165) is 70.9 Å². The number of amides is 1. The SMILES string of the molecule is COc1cc(C)c2[nH]ccc2c1CN1CCC2(C[C@@H]1c1ccc(C(=O)N3CC(C4CC4)C3)cc1)CC(F)(F)C2. The van der Waals surface area contributed by atoms with Gasteiger partial charge in [0.05, 0.1) is 7.11 Å². The first-order valence-electron chi connectivity index (χ1n) is 14.4. The summed E-state index contributed by atoms with van der Waals surface area (Å²) in [6.07, 6.45) is 6.03. The number of piperidine rings is 1. The molecule has 4 aliphatic rings. The number of aromatic nitrogens is 1. The number of nitrogens with one attached hydrogen (secondary N) is 1. The van der Waals surface area contributed by atoms with Gasteiger partial charge in [-0.3, -0.25) is 9.69 Å². The van der Waals surface area contributed by atoms with Gasteiger partial charge in [-0.2, -0.15) is 0 Å². The number of alkyl halides is 2. The number of hydrogen-bond acceptors (Lipinski definition) is 3.